The Morgan fingerprint density at radius 1 is 0.824 bits per heavy atom. The van der Waals surface area contributed by atoms with Crippen molar-refractivity contribution in [3.63, 3.8) is 0 Å². The van der Waals surface area contributed by atoms with Gasteiger partial charge in [0.15, 0.2) is 0 Å². The predicted molar refractivity (Wildman–Crippen MR) is 141 cm³/mol. The summed E-state index contributed by atoms with van der Waals surface area (Å²) in [6, 6.07) is 28.4. The summed E-state index contributed by atoms with van der Waals surface area (Å²) in [5.41, 5.74) is 8.29. The number of hydrogen-bond acceptors (Lipinski definition) is 1. The maximum Gasteiger partial charge on any atom is 0.273 e. The lowest BCUT2D eigenvalue weighted by Crippen LogP contribution is -2.15. The Morgan fingerprint density at radius 3 is 2.26 bits per heavy atom. The number of aryl methyl sites for hydroxylation is 2. The van der Waals surface area contributed by atoms with Crippen LogP contribution in [-0.2, 0) is 13.0 Å². The predicted octanol–water partition coefficient (Wildman–Crippen LogP) is 7.43. The van der Waals surface area contributed by atoms with Crippen molar-refractivity contribution in [2.24, 2.45) is 0 Å². The van der Waals surface area contributed by atoms with E-state index in [1.165, 1.54) is 5.56 Å². The fraction of sp³-hybridized carbons (Fsp3) is 0.138. The largest absolute Gasteiger partial charge is 0.325 e. The van der Waals surface area contributed by atoms with Gasteiger partial charge in [0.05, 0.1) is 5.69 Å². The van der Waals surface area contributed by atoms with Crippen molar-refractivity contribution in [1.82, 2.24) is 8.97 Å². The first-order valence-electron chi connectivity index (χ1n) is 11.6. The molecule has 5 aromatic rings. The molecule has 1 aliphatic heterocycles. The van der Waals surface area contributed by atoms with E-state index >= 15 is 0 Å². The fourth-order valence-corrected chi connectivity index (χ4v) is 5.35. The van der Waals surface area contributed by atoms with E-state index in [1.54, 1.807) is 0 Å². The van der Waals surface area contributed by atoms with Gasteiger partial charge in [-0.25, -0.2) is 0 Å². The number of para-hydroxylation sites is 1. The van der Waals surface area contributed by atoms with Gasteiger partial charge >= 0.3 is 0 Å². The van der Waals surface area contributed by atoms with Crippen LogP contribution >= 0.6 is 15.9 Å². The first kappa shape index (κ1) is 21.0. The first-order valence-corrected chi connectivity index (χ1v) is 12.4. The zero-order chi connectivity index (χ0) is 23.1. The second-order valence-electron chi connectivity index (χ2n) is 8.71. The molecule has 4 nitrogen and oxygen atoms in total. The van der Waals surface area contributed by atoms with Crippen LogP contribution in [-0.4, -0.2) is 14.9 Å². The molecule has 0 unspecified atom stereocenters. The lowest BCUT2D eigenvalue weighted by molar-refractivity contribution is 0.102. The number of halogens is 1. The Hall–Kier alpha value is -3.57. The first-order chi connectivity index (χ1) is 16.7. The van der Waals surface area contributed by atoms with E-state index in [0.29, 0.717) is 5.69 Å². The molecule has 6 rings (SSSR count). The molecular formula is C29H24BrN3O. The molecule has 168 valence electrons. The number of nitrogens with one attached hydrogen (secondary N) is 1. The third kappa shape index (κ3) is 3.57. The van der Waals surface area contributed by atoms with Crippen LogP contribution in [0.4, 0.5) is 5.69 Å². The van der Waals surface area contributed by atoms with Gasteiger partial charge in [-0.3, -0.25) is 9.20 Å². The van der Waals surface area contributed by atoms with Crippen molar-refractivity contribution in [2.75, 3.05) is 5.32 Å². The average molecular weight is 510 g/mol. The molecule has 1 amide bonds. The number of rotatable bonds is 4. The van der Waals surface area contributed by atoms with Crippen LogP contribution in [0.5, 0.6) is 0 Å². The van der Waals surface area contributed by atoms with Gasteiger partial charge in [-0.1, -0.05) is 76.6 Å². The number of aromatic nitrogens is 2. The molecule has 0 atom stereocenters. The van der Waals surface area contributed by atoms with Gasteiger partial charge in [0, 0.05) is 34.0 Å². The lowest BCUT2D eigenvalue weighted by Gasteiger charge is -2.10. The quantitative estimate of drug-likeness (QED) is 0.268. The Kier molecular flexibility index (Phi) is 5.34. The van der Waals surface area contributed by atoms with Crippen LogP contribution in [0.1, 0.15) is 28.9 Å². The van der Waals surface area contributed by atoms with Crippen LogP contribution in [0.3, 0.4) is 0 Å². The molecule has 1 N–H and O–H groups in total. The minimum atomic E-state index is -0.0913. The standard InChI is InChI=1S/C29H24BrN3O/c30-22-16-14-20(15-17-22)25-19-33-27(28(34)31-23-11-5-2-6-12-23)26(21-9-3-1-4-10-21)24-13-7-8-18-32(25)29(24)33/h1-6,9-12,14-17,19H,7-8,13,18H2,(H,31,34). The SMILES string of the molecule is O=C(Nc1ccccc1)c1c(-c2ccccc2)c2c3n(c(-c4ccc(Br)cc4)cn13)CCCC2. The number of carbonyl (C=O) groups excluding carboxylic acids is 1. The van der Waals surface area contributed by atoms with Gasteiger partial charge in [-0.2, -0.15) is 0 Å². The number of anilines is 1. The van der Waals surface area contributed by atoms with Crippen molar-refractivity contribution in [3.8, 4) is 22.4 Å². The molecular weight excluding hydrogens is 486 g/mol. The molecule has 0 radical (unpaired) electrons. The van der Waals surface area contributed by atoms with Gasteiger partial charge in [0.2, 0.25) is 0 Å². The normalized spacial score (nSPS) is 13.1. The van der Waals surface area contributed by atoms with Gasteiger partial charge < -0.3 is 9.88 Å². The summed E-state index contributed by atoms with van der Waals surface area (Å²) < 4.78 is 5.58. The van der Waals surface area contributed by atoms with Crippen LogP contribution in [0.2, 0.25) is 0 Å². The second-order valence-corrected chi connectivity index (χ2v) is 9.63. The highest BCUT2D eigenvalue weighted by Crippen LogP contribution is 2.39. The Morgan fingerprint density at radius 2 is 1.53 bits per heavy atom. The number of benzene rings is 3. The number of hydrogen-bond donors (Lipinski definition) is 1. The molecule has 3 aromatic carbocycles. The fourth-order valence-electron chi connectivity index (χ4n) is 5.09. The molecule has 0 aliphatic carbocycles. The van der Waals surface area contributed by atoms with Gasteiger partial charge in [0.1, 0.15) is 11.3 Å². The highest BCUT2D eigenvalue weighted by molar-refractivity contribution is 9.10. The van der Waals surface area contributed by atoms with Crippen LogP contribution in [0.15, 0.2) is 95.6 Å². The highest BCUT2D eigenvalue weighted by Gasteiger charge is 2.29. The molecule has 1 aliphatic rings. The number of amides is 1. The topological polar surface area (TPSA) is 38.4 Å². The highest BCUT2D eigenvalue weighted by atomic mass is 79.9. The van der Waals surface area contributed by atoms with Crippen molar-refractivity contribution >= 4 is 33.2 Å². The van der Waals surface area contributed by atoms with Gasteiger partial charge in [-0.15, -0.1) is 0 Å². The minimum Gasteiger partial charge on any atom is -0.325 e. The third-order valence-electron chi connectivity index (χ3n) is 6.58. The van der Waals surface area contributed by atoms with Crippen LogP contribution in [0, 0.1) is 0 Å². The van der Waals surface area contributed by atoms with Gasteiger partial charge in [-0.05, 0) is 54.7 Å². The summed E-state index contributed by atoms with van der Waals surface area (Å²) >= 11 is 3.55. The summed E-state index contributed by atoms with van der Waals surface area (Å²) in [5, 5.41) is 3.13. The smallest absolute Gasteiger partial charge is 0.273 e. The van der Waals surface area contributed by atoms with E-state index < -0.39 is 0 Å². The van der Waals surface area contributed by atoms with Crippen molar-refractivity contribution < 1.29 is 4.79 Å². The monoisotopic (exact) mass is 509 g/mol. The molecule has 3 heterocycles. The van der Waals surface area contributed by atoms with E-state index in [0.717, 1.165) is 64.0 Å². The molecule has 34 heavy (non-hydrogen) atoms. The Balaban J connectivity index is 1.62. The number of carbonyl (C=O) groups is 1. The Bertz CT molecular complexity index is 1480. The van der Waals surface area contributed by atoms with Crippen LogP contribution in [0.25, 0.3) is 28.0 Å². The molecule has 5 heteroatoms. The number of imidazole rings is 1. The molecule has 0 saturated carbocycles. The minimum absolute atomic E-state index is 0.0913. The maximum absolute atomic E-state index is 13.8. The third-order valence-corrected chi connectivity index (χ3v) is 7.11. The summed E-state index contributed by atoms with van der Waals surface area (Å²) in [7, 11) is 0. The maximum atomic E-state index is 13.8. The molecule has 0 fully saturated rings. The van der Waals surface area contributed by atoms with E-state index in [9.17, 15) is 4.79 Å². The summed E-state index contributed by atoms with van der Waals surface area (Å²) in [6.07, 6.45) is 5.30. The van der Waals surface area contributed by atoms with E-state index in [4.69, 9.17) is 0 Å². The Labute approximate surface area is 207 Å². The molecule has 0 saturated heterocycles. The lowest BCUT2D eigenvalue weighted by atomic mass is 9.98. The van der Waals surface area contributed by atoms with E-state index in [2.05, 4.69) is 72.8 Å². The zero-order valence-corrected chi connectivity index (χ0v) is 20.3. The second kappa shape index (κ2) is 8.65. The van der Waals surface area contributed by atoms with Crippen molar-refractivity contribution in [3.05, 3.63) is 107 Å². The van der Waals surface area contributed by atoms with Crippen LogP contribution < -0.4 is 5.32 Å². The van der Waals surface area contributed by atoms with Gasteiger partial charge in [0.25, 0.3) is 5.91 Å². The summed E-state index contributed by atoms with van der Waals surface area (Å²) in [6.45, 7) is 0.937. The average Bonchev–Trinajstić information content (AvgIpc) is 3.28. The zero-order valence-electron chi connectivity index (χ0n) is 18.7. The molecule has 0 spiro atoms. The summed E-state index contributed by atoms with van der Waals surface area (Å²) in [4.78, 5) is 13.8. The summed E-state index contributed by atoms with van der Waals surface area (Å²) in [5.74, 6) is -0.0913. The van der Waals surface area contributed by atoms with E-state index in [-0.39, 0.29) is 5.91 Å². The van der Waals surface area contributed by atoms with E-state index in [1.807, 2.05) is 48.5 Å². The molecule has 0 bridgehead atoms. The van der Waals surface area contributed by atoms with Crippen molar-refractivity contribution in [2.45, 2.75) is 25.8 Å². The van der Waals surface area contributed by atoms with Crippen molar-refractivity contribution in [1.29, 1.82) is 0 Å². The molecule has 2 aromatic heterocycles. The number of nitrogens with zero attached hydrogens (tertiary/aromatic N) is 2.